The number of aromatic nitrogens is 1. The molecule has 1 rings (SSSR count). The molecule has 3 nitrogen and oxygen atoms in total. The number of hydrogen-bond donors (Lipinski definition) is 1. The molecule has 0 saturated heterocycles. The topological polar surface area (TPSA) is 62.7 Å². The van der Waals surface area contributed by atoms with Gasteiger partial charge in [0.1, 0.15) is 6.07 Å². The highest BCUT2D eigenvalue weighted by molar-refractivity contribution is 5.49. The second kappa shape index (κ2) is 2.94. The van der Waals surface area contributed by atoms with E-state index in [-0.39, 0.29) is 5.56 Å². The number of hydrogen-bond acceptors (Lipinski definition) is 3. The summed E-state index contributed by atoms with van der Waals surface area (Å²) in [6, 6.07) is 2.58. The summed E-state index contributed by atoms with van der Waals surface area (Å²) in [6.45, 7) is 0. The maximum Gasteiger partial charge on any atom is 0.435 e. The molecule has 6 heteroatoms. The first-order valence-electron chi connectivity index (χ1n) is 3.18. The third-order valence-electron chi connectivity index (χ3n) is 1.31. The Labute approximate surface area is 71.6 Å². The van der Waals surface area contributed by atoms with Crippen LogP contribution in [0.25, 0.3) is 0 Å². The van der Waals surface area contributed by atoms with Crippen LogP contribution in [0, 0.1) is 11.3 Å². The number of nitrogens with two attached hydrogens (primary N) is 1. The average molecular weight is 187 g/mol. The normalized spacial score (nSPS) is 10.9. The molecule has 1 aromatic heterocycles. The standard InChI is InChI=1S/C7H4F3N3/c8-7(9,10)6-5(12)1-4(2-11)3-13-6/h1,3H,12H2. The first-order valence-corrected chi connectivity index (χ1v) is 3.18. The van der Waals surface area contributed by atoms with Crippen LogP contribution in [0.4, 0.5) is 18.9 Å². The fourth-order valence-corrected chi connectivity index (χ4v) is 0.780. The van der Waals surface area contributed by atoms with E-state index in [9.17, 15) is 13.2 Å². The van der Waals surface area contributed by atoms with Crippen LogP contribution in [0.15, 0.2) is 12.3 Å². The van der Waals surface area contributed by atoms with E-state index in [0.717, 1.165) is 12.3 Å². The van der Waals surface area contributed by atoms with Crippen molar-refractivity contribution in [1.82, 2.24) is 4.98 Å². The quantitative estimate of drug-likeness (QED) is 0.670. The molecule has 0 amide bonds. The SMILES string of the molecule is N#Cc1cnc(C(F)(F)F)c(N)c1. The number of alkyl halides is 3. The van der Waals surface area contributed by atoms with Crippen molar-refractivity contribution < 1.29 is 13.2 Å². The van der Waals surface area contributed by atoms with Gasteiger partial charge in [0.15, 0.2) is 5.69 Å². The fraction of sp³-hybridized carbons (Fsp3) is 0.143. The van der Waals surface area contributed by atoms with Crippen molar-refractivity contribution in [3.05, 3.63) is 23.5 Å². The minimum atomic E-state index is -4.57. The number of nitrogen functional groups attached to an aromatic ring is 1. The van der Waals surface area contributed by atoms with Crippen LogP contribution in [-0.2, 0) is 6.18 Å². The van der Waals surface area contributed by atoms with E-state index in [4.69, 9.17) is 11.0 Å². The monoisotopic (exact) mass is 187 g/mol. The Balaban J connectivity index is 3.23. The van der Waals surface area contributed by atoms with Crippen molar-refractivity contribution in [2.75, 3.05) is 5.73 Å². The summed E-state index contributed by atoms with van der Waals surface area (Å²) in [5.74, 6) is 0. The maximum absolute atomic E-state index is 12.1. The molecule has 1 heterocycles. The second-order valence-corrected chi connectivity index (χ2v) is 2.27. The molecular formula is C7H4F3N3. The Morgan fingerprint density at radius 2 is 2.08 bits per heavy atom. The second-order valence-electron chi connectivity index (χ2n) is 2.27. The van der Waals surface area contributed by atoms with Crippen LogP contribution in [0.1, 0.15) is 11.3 Å². The van der Waals surface area contributed by atoms with Gasteiger partial charge in [-0.25, -0.2) is 4.98 Å². The summed E-state index contributed by atoms with van der Waals surface area (Å²) in [5, 5.41) is 8.33. The molecule has 0 aliphatic rings. The molecule has 2 N–H and O–H groups in total. The van der Waals surface area contributed by atoms with Crippen LogP contribution in [0.3, 0.4) is 0 Å². The third-order valence-corrected chi connectivity index (χ3v) is 1.31. The van der Waals surface area contributed by atoms with Gasteiger partial charge in [0.25, 0.3) is 0 Å². The van der Waals surface area contributed by atoms with Crippen LogP contribution in [0.2, 0.25) is 0 Å². The zero-order valence-electron chi connectivity index (χ0n) is 6.26. The predicted molar refractivity (Wildman–Crippen MR) is 38.4 cm³/mol. The van der Waals surface area contributed by atoms with Crippen molar-refractivity contribution >= 4 is 5.69 Å². The van der Waals surface area contributed by atoms with Crippen molar-refractivity contribution in [3.63, 3.8) is 0 Å². The molecule has 0 spiro atoms. The van der Waals surface area contributed by atoms with Gasteiger partial charge in [0.2, 0.25) is 0 Å². The molecule has 0 aromatic carbocycles. The Kier molecular flexibility index (Phi) is 2.10. The Bertz CT molecular complexity index is 364. The third kappa shape index (κ3) is 1.87. The summed E-state index contributed by atoms with van der Waals surface area (Å²) in [4.78, 5) is 3.05. The zero-order chi connectivity index (χ0) is 10.1. The largest absolute Gasteiger partial charge is 0.435 e. The van der Waals surface area contributed by atoms with Crippen molar-refractivity contribution in [1.29, 1.82) is 5.26 Å². The van der Waals surface area contributed by atoms with E-state index in [1.54, 1.807) is 6.07 Å². The average Bonchev–Trinajstić information content (AvgIpc) is 2.01. The zero-order valence-corrected chi connectivity index (χ0v) is 6.26. The number of anilines is 1. The molecule has 0 fully saturated rings. The molecule has 0 bridgehead atoms. The summed E-state index contributed by atoms with van der Waals surface area (Å²) < 4.78 is 36.2. The van der Waals surface area contributed by atoms with Crippen LogP contribution in [-0.4, -0.2) is 4.98 Å². The summed E-state index contributed by atoms with van der Waals surface area (Å²) >= 11 is 0. The van der Waals surface area contributed by atoms with Gasteiger partial charge in [-0.05, 0) is 6.07 Å². The van der Waals surface area contributed by atoms with Crippen LogP contribution >= 0.6 is 0 Å². The van der Waals surface area contributed by atoms with E-state index >= 15 is 0 Å². The minimum absolute atomic E-state index is 0.00509. The van der Waals surface area contributed by atoms with Gasteiger partial charge in [0.05, 0.1) is 11.3 Å². The summed E-state index contributed by atoms with van der Waals surface area (Å²) in [6.07, 6.45) is -3.74. The van der Waals surface area contributed by atoms with Gasteiger partial charge in [-0.1, -0.05) is 0 Å². The van der Waals surface area contributed by atoms with E-state index in [1.807, 2.05) is 0 Å². The number of pyridine rings is 1. The van der Waals surface area contributed by atoms with Gasteiger partial charge in [-0.3, -0.25) is 0 Å². The molecule has 1 aromatic rings. The number of nitriles is 1. The van der Waals surface area contributed by atoms with Crippen molar-refractivity contribution in [3.8, 4) is 6.07 Å². The molecule has 0 unspecified atom stereocenters. The van der Waals surface area contributed by atoms with E-state index in [2.05, 4.69) is 4.98 Å². The Morgan fingerprint density at radius 3 is 2.46 bits per heavy atom. The van der Waals surface area contributed by atoms with Crippen LogP contribution in [0.5, 0.6) is 0 Å². The number of halogens is 3. The van der Waals surface area contributed by atoms with Gasteiger partial charge in [0, 0.05) is 6.20 Å². The summed E-state index contributed by atoms with van der Waals surface area (Å²) in [5.41, 5.74) is 3.36. The smallest absolute Gasteiger partial charge is 0.397 e. The lowest BCUT2D eigenvalue weighted by molar-refractivity contribution is -0.140. The Hall–Kier alpha value is -1.77. The molecule has 68 valence electrons. The first-order chi connectivity index (χ1) is 5.95. The predicted octanol–water partition coefficient (Wildman–Crippen LogP) is 1.55. The molecule has 0 atom stereocenters. The van der Waals surface area contributed by atoms with Gasteiger partial charge < -0.3 is 5.73 Å². The minimum Gasteiger partial charge on any atom is -0.397 e. The highest BCUT2D eigenvalue weighted by Gasteiger charge is 2.34. The highest BCUT2D eigenvalue weighted by Crippen LogP contribution is 2.31. The van der Waals surface area contributed by atoms with Crippen molar-refractivity contribution in [2.24, 2.45) is 0 Å². The Morgan fingerprint density at radius 1 is 1.46 bits per heavy atom. The molecular weight excluding hydrogens is 183 g/mol. The molecule has 13 heavy (non-hydrogen) atoms. The van der Waals surface area contributed by atoms with E-state index < -0.39 is 17.6 Å². The van der Waals surface area contributed by atoms with Gasteiger partial charge in [-0.2, -0.15) is 18.4 Å². The highest BCUT2D eigenvalue weighted by atomic mass is 19.4. The number of nitrogens with zero attached hydrogens (tertiary/aromatic N) is 2. The summed E-state index contributed by atoms with van der Waals surface area (Å²) in [7, 11) is 0. The maximum atomic E-state index is 12.1. The lowest BCUT2D eigenvalue weighted by Crippen LogP contribution is -2.11. The van der Waals surface area contributed by atoms with E-state index in [0.29, 0.717) is 0 Å². The van der Waals surface area contributed by atoms with Crippen LogP contribution < -0.4 is 5.73 Å². The fourth-order valence-electron chi connectivity index (χ4n) is 0.780. The van der Waals surface area contributed by atoms with Gasteiger partial charge >= 0.3 is 6.18 Å². The molecule has 0 saturated carbocycles. The molecule has 0 aliphatic carbocycles. The lowest BCUT2D eigenvalue weighted by Gasteiger charge is -2.07. The first kappa shape index (κ1) is 9.32. The molecule has 0 aliphatic heterocycles. The van der Waals surface area contributed by atoms with Crippen molar-refractivity contribution in [2.45, 2.75) is 6.18 Å². The van der Waals surface area contributed by atoms with Gasteiger partial charge in [-0.15, -0.1) is 0 Å². The molecule has 0 radical (unpaired) electrons. The lowest BCUT2D eigenvalue weighted by atomic mass is 10.2. The van der Waals surface area contributed by atoms with E-state index in [1.165, 1.54) is 0 Å². The number of rotatable bonds is 0.